The van der Waals surface area contributed by atoms with Gasteiger partial charge in [0.15, 0.2) is 0 Å². The maximum absolute atomic E-state index is 13.4. The molecule has 0 saturated carbocycles. The highest BCUT2D eigenvalue weighted by molar-refractivity contribution is 5.96. The molecule has 2 atom stereocenters. The fourth-order valence-corrected chi connectivity index (χ4v) is 4.67. The van der Waals surface area contributed by atoms with E-state index in [4.69, 9.17) is 4.74 Å². The molecule has 32 heavy (non-hydrogen) atoms. The molecule has 0 aliphatic carbocycles. The highest BCUT2D eigenvalue weighted by Crippen LogP contribution is 2.29. The molecule has 2 aromatic carbocycles. The Morgan fingerprint density at radius 2 is 1.84 bits per heavy atom. The lowest BCUT2D eigenvalue weighted by atomic mass is 10.2. The first kappa shape index (κ1) is 22.5. The monoisotopic (exact) mass is 443 g/mol. The molecule has 2 aromatic rings. The number of carbonyl (C=O) groups excluding carboxylic acids is 1. The number of carbonyl (C=O) groups is 1. The van der Waals surface area contributed by atoms with Gasteiger partial charge >= 0.3 is 0 Å². The van der Waals surface area contributed by atoms with Crippen LogP contribution in [0.15, 0.2) is 42.5 Å². The third-order valence-electron chi connectivity index (χ3n) is 6.39. The van der Waals surface area contributed by atoms with Crippen LogP contribution in [-0.2, 0) is 4.79 Å². The molecular formula is C25H31F2N3O2. The van der Waals surface area contributed by atoms with E-state index in [1.807, 2.05) is 24.3 Å². The standard InChI is InChI=1S/C25H31F2N3O2/c1-18-4-2-11-29(18)12-3-13-32-24-8-5-22(6-9-24)30-23(7-10-25(30)31)17-28-21-15-19(26)14-20(27)16-21/h5-6,8-9,14-16,18,23,28H,2-4,7,10-13,17H2,1H3/t18?,23-/m0/s1. The van der Waals surface area contributed by atoms with Crippen molar-refractivity contribution < 1.29 is 18.3 Å². The number of likely N-dealkylation sites (tertiary alicyclic amines) is 1. The first-order valence-corrected chi connectivity index (χ1v) is 11.5. The Bertz CT molecular complexity index is 902. The summed E-state index contributed by atoms with van der Waals surface area (Å²) in [6, 6.07) is 11.5. The van der Waals surface area contributed by atoms with Crippen molar-refractivity contribution in [3.05, 3.63) is 54.1 Å². The number of ether oxygens (including phenoxy) is 1. The highest BCUT2D eigenvalue weighted by Gasteiger charge is 2.32. The van der Waals surface area contributed by atoms with E-state index in [0.29, 0.717) is 37.7 Å². The number of benzene rings is 2. The first-order valence-electron chi connectivity index (χ1n) is 11.5. The van der Waals surface area contributed by atoms with E-state index in [2.05, 4.69) is 17.1 Å². The van der Waals surface area contributed by atoms with Crippen molar-refractivity contribution in [2.75, 3.05) is 36.5 Å². The van der Waals surface area contributed by atoms with Crippen molar-refractivity contribution in [2.45, 2.75) is 51.1 Å². The van der Waals surface area contributed by atoms with E-state index in [-0.39, 0.29) is 11.9 Å². The average molecular weight is 444 g/mol. The minimum atomic E-state index is -0.627. The Hall–Kier alpha value is -2.67. The number of hydrogen-bond acceptors (Lipinski definition) is 4. The molecular weight excluding hydrogens is 412 g/mol. The van der Waals surface area contributed by atoms with Gasteiger partial charge in [0.25, 0.3) is 0 Å². The summed E-state index contributed by atoms with van der Waals surface area (Å²) in [6.45, 7) is 5.62. The zero-order valence-corrected chi connectivity index (χ0v) is 18.5. The molecule has 2 aliphatic rings. The van der Waals surface area contributed by atoms with Crippen LogP contribution in [0, 0.1) is 11.6 Å². The topological polar surface area (TPSA) is 44.8 Å². The average Bonchev–Trinajstić information content (AvgIpc) is 3.34. The lowest BCUT2D eigenvalue weighted by molar-refractivity contribution is -0.117. The largest absolute Gasteiger partial charge is 0.494 e. The van der Waals surface area contributed by atoms with Crippen molar-refractivity contribution in [2.24, 2.45) is 0 Å². The van der Waals surface area contributed by atoms with Gasteiger partial charge in [-0.05, 0) is 75.5 Å². The predicted octanol–water partition coefficient (Wildman–Crippen LogP) is 4.83. The van der Waals surface area contributed by atoms with Crippen LogP contribution in [0.4, 0.5) is 20.2 Å². The van der Waals surface area contributed by atoms with E-state index in [0.717, 1.165) is 30.5 Å². The SMILES string of the molecule is CC1CCCN1CCCOc1ccc(N2C(=O)CC[C@H]2CNc2cc(F)cc(F)c2)cc1. The van der Waals surface area contributed by atoms with Gasteiger partial charge in [-0.3, -0.25) is 4.79 Å². The van der Waals surface area contributed by atoms with Crippen LogP contribution in [0.3, 0.4) is 0 Å². The van der Waals surface area contributed by atoms with Gasteiger partial charge in [0.2, 0.25) is 5.91 Å². The van der Waals surface area contributed by atoms with Gasteiger partial charge in [-0.15, -0.1) is 0 Å². The quantitative estimate of drug-likeness (QED) is 0.564. The smallest absolute Gasteiger partial charge is 0.227 e. The van der Waals surface area contributed by atoms with E-state index in [9.17, 15) is 13.6 Å². The number of nitrogens with one attached hydrogen (secondary N) is 1. The van der Waals surface area contributed by atoms with E-state index < -0.39 is 11.6 Å². The second-order valence-corrected chi connectivity index (χ2v) is 8.72. The summed E-state index contributed by atoms with van der Waals surface area (Å²) in [5, 5.41) is 3.06. The number of halogens is 2. The summed E-state index contributed by atoms with van der Waals surface area (Å²) in [7, 11) is 0. The van der Waals surface area contributed by atoms with Gasteiger partial charge in [0.1, 0.15) is 17.4 Å². The summed E-state index contributed by atoms with van der Waals surface area (Å²) in [5.74, 6) is -0.412. The molecule has 7 heteroatoms. The van der Waals surface area contributed by atoms with Crippen molar-refractivity contribution in [1.29, 1.82) is 0 Å². The number of amides is 1. The summed E-state index contributed by atoms with van der Waals surface area (Å²) in [5.41, 5.74) is 1.18. The zero-order valence-electron chi connectivity index (χ0n) is 18.5. The highest BCUT2D eigenvalue weighted by atomic mass is 19.1. The summed E-state index contributed by atoms with van der Waals surface area (Å²) < 4.78 is 32.7. The summed E-state index contributed by atoms with van der Waals surface area (Å²) in [6.07, 6.45) is 4.71. The molecule has 2 saturated heterocycles. The molecule has 172 valence electrons. The van der Waals surface area contributed by atoms with Crippen LogP contribution in [0.5, 0.6) is 5.75 Å². The minimum absolute atomic E-state index is 0.0515. The molecule has 0 aromatic heterocycles. The molecule has 1 N–H and O–H groups in total. The van der Waals surface area contributed by atoms with Gasteiger partial charge in [-0.2, -0.15) is 0 Å². The van der Waals surface area contributed by atoms with Crippen molar-refractivity contribution in [3.8, 4) is 5.75 Å². The van der Waals surface area contributed by atoms with Crippen LogP contribution in [0.1, 0.15) is 39.0 Å². The number of rotatable bonds is 9. The second-order valence-electron chi connectivity index (χ2n) is 8.72. The summed E-state index contributed by atoms with van der Waals surface area (Å²) >= 11 is 0. The van der Waals surface area contributed by atoms with Crippen molar-refractivity contribution in [1.82, 2.24) is 4.90 Å². The number of anilines is 2. The molecule has 5 nitrogen and oxygen atoms in total. The fourth-order valence-electron chi connectivity index (χ4n) is 4.67. The number of hydrogen-bond donors (Lipinski definition) is 1. The normalized spacial score (nSPS) is 21.3. The van der Waals surface area contributed by atoms with Crippen molar-refractivity contribution >= 4 is 17.3 Å². The molecule has 1 unspecified atom stereocenters. The van der Waals surface area contributed by atoms with Crippen LogP contribution in [0.2, 0.25) is 0 Å². The molecule has 0 radical (unpaired) electrons. The van der Waals surface area contributed by atoms with Gasteiger partial charge in [-0.25, -0.2) is 8.78 Å². The Morgan fingerprint density at radius 3 is 2.53 bits per heavy atom. The van der Waals surface area contributed by atoms with Crippen LogP contribution in [-0.4, -0.2) is 49.1 Å². The Labute approximate surface area is 188 Å². The maximum atomic E-state index is 13.4. The molecule has 0 spiro atoms. The zero-order chi connectivity index (χ0) is 22.5. The third-order valence-corrected chi connectivity index (χ3v) is 6.39. The minimum Gasteiger partial charge on any atom is -0.494 e. The summed E-state index contributed by atoms with van der Waals surface area (Å²) in [4.78, 5) is 16.8. The lowest BCUT2D eigenvalue weighted by Gasteiger charge is -2.26. The third kappa shape index (κ3) is 5.57. The lowest BCUT2D eigenvalue weighted by Crippen LogP contribution is -2.37. The fraction of sp³-hybridized carbons (Fsp3) is 0.480. The molecule has 4 rings (SSSR count). The van der Waals surface area contributed by atoms with E-state index in [1.165, 1.54) is 31.5 Å². The van der Waals surface area contributed by atoms with Crippen LogP contribution < -0.4 is 15.0 Å². The molecule has 2 heterocycles. The maximum Gasteiger partial charge on any atom is 0.227 e. The molecule has 2 aliphatic heterocycles. The molecule has 1 amide bonds. The first-order chi connectivity index (χ1) is 15.5. The number of nitrogens with zero attached hydrogens (tertiary/aromatic N) is 2. The van der Waals surface area contributed by atoms with Gasteiger partial charge in [0, 0.05) is 43.0 Å². The Balaban J connectivity index is 1.29. The van der Waals surface area contributed by atoms with Crippen LogP contribution in [0.25, 0.3) is 0 Å². The predicted molar refractivity (Wildman–Crippen MR) is 122 cm³/mol. The van der Waals surface area contributed by atoms with Gasteiger partial charge in [-0.1, -0.05) is 0 Å². The molecule has 2 fully saturated rings. The second kappa shape index (κ2) is 10.3. The van der Waals surface area contributed by atoms with Crippen molar-refractivity contribution in [3.63, 3.8) is 0 Å². The van der Waals surface area contributed by atoms with Gasteiger partial charge < -0.3 is 19.9 Å². The van der Waals surface area contributed by atoms with E-state index >= 15 is 0 Å². The van der Waals surface area contributed by atoms with Gasteiger partial charge in [0.05, 0.1) is 12.6 Å². The Kier molecular flexibility index (Phi) is 7.25. The Morgan fingerprint density at radius 1 is 1.09 bits per heavy atom. The van der Waals surface area contributed by atoms with Crippen LogP contribution >= 0.6 is 0 Å². The van der Waals surface area contributed by atoms with E-state index in [1.54, 1.807) is 4.90 Å². The molecule has 0 bridgehead atoms.